The van der Waals surface area contributed by atoms with Crippen LogP contribution >= 0.6 is 11.6 Å². The first-order valence-corrected chi connectivity index (χ1v) is 6.38. The highest BCUT2D eigenvalue weighted by Crippen LogP contribution is 2.20. The van der Waals surface area contributed by atoms with Gasteiger partial charge in [0.15, 0.2) is 0 Å². The third-order valence-corrected chi connectivity index (χ3v) is 2.91. The first-order valence-electron chi connectivity index (χ1n) is 5.94. The standard InChI is InChI=1S/C14H16ClF3N2/c1-10(15)11-4-6-12(7-5-11)13(19-2)20(3)9-8-14(16,17)18/h4-10H,1-3H3/b9-8+,19-13?. The number of halogens is 4. The van der Waals surface area contributed by atoms with Crippen molar-refractivity contribution >= 4 is 17.4 Å². The zero-order valence-corrected chi connectivity index (χ0v) is 12.2. The van der Waals surface area contributed by atoms with Gasteiger partial charge in [0.2, 0.25) is 0 Å². The van der Waals surface area contributed by atoms with Crippen LogP contribution in [0.25, 0.3) is 0 Å². The maximum absolute atomic E-state index is 12.2. The first kappa shape index (κ1) is 16.6. The summed E-state index contributed by atoms with van der Waals surface area (Å²) in [5.41, 5.74) is 1.67. The molecule has 1 atom stereocenters. The van der Waals surface area contributed by atoms with E-state index in [1.54, 1.807) is 12.1 Å². The molecule has 0 aliphatic rings. The van der Waals surface area contributed by atoms with E-state index >= 15 is 0 Å². The minimum absolute atomic E-state index is 0.117. The van der Waals surface area contributed by atoms with Crippen LogP contribution in [-0.2, 0) is 0 Å². The van der Waals surface area contributed by atoms with Gasteiger partial charge < -0.3 is 4.90 Å². The van der Waals surface area contributed by atoms with Crippen LogP contribution in [-0.4, -0.2) is 31.0 Å². The number of nitrogens with zero attached hydrogens (tertiary/aromatic N) is 2. The Balaban J connectivity index is 2.94. The van der Waals surface area contributed by atoms with Crippen LogP contribution < -0.4 is 0 Å². The van der Waals surface area contributed by atoms with Crippen molar-refractivity contribution in [2.75, 3.05) is 14.1 Å². The summed E-state index contributed by atoms with van der Waals surface area (Å²) in [6.07, 6.45) is -3.22. The molecule has 0 aliphatic carbocycles. The molecule has 0 heterocycles. The Morgan fingerprint density at radius 3 is 2.25 bits per heavy atom. The van der Waals surface area contributed by atoms with Gasteiger partial charge in [0.1, 0.15) is 5.84 Å². The van der Waals surface area contributed by atoms with E-state index in [2.05, 4.69) is 4.99 Å². The minimum atomic E-state index is -4.34. The molecule has 1 aromatic rings. The van der Waals surface area contributed by atoms with Crippen molar-refractivity contribution in [2.45, 2.75) is 18.5 Å². The Labute approximate surface area is 121 Å². The lowest BCUT2D eigenvalue weighted by Gasteiger charge is -2.17. The minimum Gasteiger partial charge on any atom is -0.336 e. The van der Waals surface area contributed by atoms with Gasteiger partial charge in [-0.05, 0) is 12.5 Å². The zero-order valence-electron chi connectivity index (χ0n) is 11.4. The number of allylic oxidation sites excluding steroid dienone is 1. The summed E-state index contributed by atoms with van der Waals surface area (Å²) in [6.45, 7) is 1.85. The van der Waals surface area contributed by atoms with Crippen LogP contribution in [0, 0.1) is 0 Å². The summed E-state index contributed by atoms with van der Waals surface area (Å²) in [5.74, 6) is 0.444. The normalized spacial score (nSPS) is 14.7. The second-order valence-electron chi connectivity index (χ2n) is 4.25. The summed E-state index contributed by atoms with van der Waals surface area (Å²) in [7, 11) is 3.05. The summed E-state index contributed by atoms with van der Waals surface area (Å²) in [4.78, 5) is 5.35. The molecule has 110 valence electrons. The van der Waals surface area contributed by atoms with Crippen LogP contribution in [0.3, 0.4) is 0 Å². The van der Waals surface area contributed by atoms with E-state index < -0.39 is 6.18 Å². The van der Waals surface area contributed by atoms with Gasteiger partial charge in [0.25, 0.3) is 0 Å². The van der Waals surface area contributed by atoms with Crippen LogP contribution in [0.2, 0.25) is 0 Å². The molecular formula is C14H16ClF3N2. The molecule has 0 radical (unpaired) electrons. The SMILES string of the molecule is CN=C(c1ccc(C(C)Cl)cc1)N(C)/C=C/C(F)(F)F. The molecule has 0 aliphatic heterocycles. The number of hydrogen-bond donors (Lipinski definition) is 0. The van der Waals surface area contributed by atoms with Crippen molar-refractivity contribution in [3.63, 3.8) is 0 Å². The molecule has 2 nitrogen and oxygen atoms in total. The van der Waals surface area contributed by atoms with E-state index in [9.17, 15) is 13.2 Å². The molecule has 6 heteroatoms. The first-order chi connectivity index (χ1) is 9.24. The largest absolute Gasteiger partial charge is 0.411 e. The third-order valence-electron chi connectivity index (χ3n) is 2.66. The number of hydrogen-bond acceptors (Lipinski definition) is 1. The predicted molar refractivity (Wildman–Crippen MR) is 76.1 cm³/mol. The van der Waals surface area contributed by atoms with Gasteiger partial charge in [-0.25, -0.2) is 0 Å². The molecule has 0 aromatic heterocycles. The van der Waals surface area contributed by atoms with E-state index in [1.807, 2.05) is 19.1 Å². The van der Waals surface area contributed by atoms with E-state index in [0.29, 0.717) is 5.84 Å². The molecule has 0 saturated carbocycles. The highest BCUT2D eigenvalue weighted by atomic mass is 35.5. The average molecular weight is 305 g/mol. The molecule has 1 aromatic carbocycles. The summed E-state index contributed by atoms with van der Waals surface area (Å²) in [6, 6.07) is 7.24. The van der Waals surface area contributed by atoms with Crippen molar-refractivity contribution in [3.05, 3.63) is 47.7 Å². The van der Waals surface area contributed by atoms with Gasteiger partial charge in [-0.15, -0.1) is 11.6 Å². The smallest absolute Gasteiger partial charge is 0.336 e. The Hall–Kier alpha value is -1.49. The number of amidine groups is 1. The van der Waals surface area contributed by atoms with Crippen molar-refractivity contribution < 1.29 is 13.2 Å². The molecule has 20 heavy (non-hydrogen) atoms. The fourth-order valence-corrected chi connectivity index (χ4v) is 1.80. The molecule has 0 spiro atoms. The van der Waals surface area contributed by atoms with Crippen LogP contribution in [0.5, 0.6) is 0 Å². The van der Waals surface area contributed by atoms with Crippen LogP contribution in [0.15, 0.2) is 41.5 Å². The quantitative estimate of drug-likeness (QED) is 0.460. The van der Waals surface area contributed by atoms with Crippen LogP contribution in [0.4, 0.5) is 13.2 Å². The van der Waals surface area contributed by atoms with Gasteiger partial charge in [-0.3, -0.25) is 4.99 Å². The molecular weight excluding hydrogens is 289 g/mol. The van der Waals surface area contributed by atoms with Gasteiger partial charge in [0.05, 0.1) is 5.38 Å². The number of alkyl halides is 4. The Morgan fingerprint density at radius 2 is 1.85 bits per heavy atom. The molecule has 0 amide bonds. The van der Waals surface area contributed by atoms with Crippen molar-refractivity contribution in [1.82, 2.24) is 4.90 Å². The summed E-state index contributed by atoms with van der Waals surface area (Å²) < 4.78 is 36.5. The molecule has 1 rings (SSSR count). The molecule has 0 N–H and O–H groups in total. The maximum atomic E-state index is 12.2. The van der Waals surface area contributed by atoms with Crippen molar-refractivity contribution in [2.24, 2.45) is 4.99 Å². The number of rotatable bonds is 3. The number of benzene rings is 1. The topological polar surface area (TPSA) is 15.6 Å². The third kappa shape index (κ3) is 4.89. The molecule has 0 fully saturated rings. The summed E-state index contributed by atoms with van der Waals surface area (Å²) in [5, 5.41) is -0.117. The van der Waals surface area contributed by atoms with Crippen molar-refractivity contribution in [1.29, 1.82) is 0 Å². The lowest BCUT2D eigenvalue weighted by molar-refractivity contribution is -0.0804. The fourth-order valence-electron chi connectivity index (χ4n) is 1.65. The summed E-state index contributed by atoms with van der Waals surface area (Å²) >= 11 is 5.95. The van der Waals surface area contributed by atoms with E-state index in [0.717, 1.165) is 17.3 Å². The number of aliphatic imine (C=N–C) groups is 1. The Morgan fingerprint density at radius 1 is 1.30 bits per heavy atom. The molecule has 0 saturated heterocycles. The molecule has 0 bridgehead atoms. The Kier molecular flexibility index (Phi) is 5.62. The van der Waals surface area contributed by atoms with Gasteiger partial charge in [0, 0.05) is 31.9 Å². The lowest BCUT2D eigenvalue weighted by Crippen LogP contribution is -2.23. The van der Waals surface area contributed by atoms with Crippen LogP contribution in [0.1, 0.15) is 23.4 Å². The second kappa shape index (κ2) is 6.79. The van der Waals surface area contributed by atoms with Gasteiger partial charge in [-0.2, -0.15) is 13.2 Å². The van der Waals surface area contributed by atoms with E-state index in [1.165, 1.54) is 19.0 Å². The highest BCUT2D eigenvalue weighted by Gasteiger charge is 2.22. The average Bonchev–Trinajstić information content (AvgIpc) is 2.37. The van der Waals surface area contributed by atoms with Gasteiger partial charge in [-0.1, -0.05) is 24.3 Å². The van der Waals surface area contributed by atoms with E-state index in [-0.39, 0.29) is 11.5 Å². The van der Waals surface area contributed by atoms with Gasteiger partial charge >= 0.3 is 6.18 Å². The zero-order chi connectivity index (χ0) is 15.3. The lowest BCUT2D eigenvalue weighted by atomic mass is 10.1. The highest BCUT2D eigenvalue weighted by molar-refractivity contribution is 6.20. The van der Waals surface area contributed by atoms with E-state index in [4.69, 9.17) is 11.6 Å². The Bertz CT molecular complexity index is 490. The predicted octanol–water partition coefficient (Wildman–Crippen LogP) is 4.37. The second-order valence-corrected chi connectivity index (χ2v) is 4.91. The molecule has 1 unspecified atom stereocenters. The monoisotopic (exact) mass is 304 g/mol. The fraction of sp³-hybridized carbons (Fsp3) is 0.357. The maximum Gasteiger partial charge on any atom is 0.411 e. The van der Waals surface area contributed by atoms with Crippen molar-refractivity contribution in [3.8, 4) is 0 Å².